The van der Waals surface area contributed by atoms with Crippen LogP contribution in [-0.2, 0) is 5.33 Å². The summed E-state index contributed by atoms with van der Waals surface area (Å²) in [6.45, 7) is 1.96. The molecule has 0 atom stereocenters. The van der Waals surface area contributed by atoms with Gasteiger partial charge in [0.2, 0.25) is 5.88 Å². The van der Waals surface area contributed by atoms with E-state index in [4.69, 9.17) is 16.3 Å². The fraction of sp³-hybridized carbons (Fsp3) is 0.154. The summed E-state index contributed by atoms with van der Waals surface area (Å²) in [6.07, 6.45) is 1.78. The number of halogens is 3. The van der Waals surface area contributed by atoms with Crippen LogP contribution in [0, 0.1) is 6.92 Å². The summed E-state index contributed by atoms with van der Waals surface area (Å²) in [5, 5.41) is 1.34. The van der Waals surface area contributed by atoms with Crippen LogP contribution in [0.15, 0.2) is 34.9 Å². The van der Waals surface area contributed by atoms with Gasteiger partial charge in [-0.3, -0.25) is 0 Å². The van der Waals surface area contributed by atoms with Crippen molar-refractivity contribution >= 4 is 43.5 Å². The van der Waals surface area contributed by atoms with Gasteiger partial charge < -0.3 is 4.74 Å². The van der Waals surface area contributed by atoms with Gasteiger partial charge in [-0.05, 0) is 36.8 Å². The zero-order chi connectivity index (χ0) is 13.1. The topological polar surface area (TPSA) is 22.1 Å². The van der Waals surface area contributed by atoms with Crippen LogP contribution in [0.2, 0.25) is 5.02 Å². The monoisotopic (exact) mass is 389 g/mol. The highest BCUT2D eigenvalue weighted by molar-refractivity contribution is 9.10. The number of aromatic nitrogens is 1. The van der Waals surface area contributed by atoms with E-state index in [1.807, 2.05) is 25.1 Å². The molecule has 18 heavy (non-hydrogen) atoms. The van der Waals surface area contributed by atoms with Gasteiger partial charge >= 0.3 is 0 Å². The quantitative estimate of drug-likeness (QED) is 0.645. The molecular weight excluding hydrogens is 381 g/mol. The molecule has 0 saturated heterocycles. The number of hydrogen-bond acceptors (Lipinski definition) is 2. The highest BCUT2D eigenvalue weighted by atomic mass is 79.9. The Bertz CT molecular complexity index is 575. The lowest BCUT2D eigenvalue weighted by Gasteiger charge is -2.10. The molecule has 0 aliphatic carbocycles. The molecule has 2 rings (SSSR count). The Hall–Kier alpha value is -0.580. The van der Waals surface area contributed by atoms with E-state index in [2.05, 4.69) is 36.8 Å². The van der Waals surface area contributed by atoms with Gasteiger partial charge in [-0.25, -0.2) is 4.98 Å². The maximum Gasteiger partial charge on any atom is 0.222 e. The third-order valence-electron chi connectivity index (χ3n) is 2.34. The van der Waals surface area contributed by atoms with Crippen LogP contribution in [-0.4, -0.2) is 4.98 Å². The van der Waals surface area contributed by atoms with Gasteiger partial charge in [0.1, 0.15) is 5.75 Å². The number of pyridine rings is 1. The van der Waals surface area contributed by atoms with Gasteiger partial charge in [-0.2, -0.15) is 0 Å². The number of benzene rings is 1. The smallest absolute Gasteiger partial charge is 0.222 e. The van der Waals surface area contributed by atoms with E-state index in [0.717, 1.165) is 20.9 Å². The average Bonchev–Trinajstić information content (AvgIpc) is 2.36. The summed E-state index contributed by atoms with van der Waals surface area (Å²) in [7, 11) is 0. The van der Waals surface area contributed by atoms with Gasteiger partial charge in [0.25, 0.3) is 0 Å². The van der Waals surface area contributed by atoms with Crippen molar-refractivity contribution in [2.45, 2.75) is 12.3 Å². The lowest BCUT2D eigenvalue weighted by Crippen LogP contribution is -1.93. The minimum atomic E-state index is 0.559. The Morgan fingerprint density at radius 2 is 2.11 bits per heavy atom. The largest absolute Gasteiger partial charge is 0.437 e. The van der Waals surface area contributed by atoms with Crippen molar-refractivity contribution < 1.29 is 4.74 Å². The third-order valence-corrected chi connectivity index (χ3v) is 3.79. The molecule has 0 amide bonds. The van der Waals surface area contributed by atoms with Gasteiger partial charge in [0, 0.05) is 21.6 Å². The summed E-state index contributed by atoms with van der Waals surface area (Å²) >= 11 is 12.9. The molecule has 0 fully saturated rings. The van der Waals surface area contributed by atoms with Gasteiger partial charge in [-0.15, -0.1) is 0 Å². The Labute approximate surface area is 128 Å². The van der Waals surface area contributed by atoms with Crippen molar-refractivity contribution in [1.29, 1.82) is 0 Å². The number of ether oxygens (including phenoxy) is 1. The van der Waals surface area contributed by atoms with Crippen LogP contribution in [0.25, 0.3) is 0 Å². The van der Waals surface area contributed by atoms with E-state index >= 15 is 0 Å². The van der Waals surface area contributed by atoms with Crippen molar-refractivity contribution in [3.05, 3.63) is 51.1 Å². The molecule has 2 aromatic rings. The molecule has 0 aliphatic rings. The van der Waals surface area contributed by atoms with Gasteiger partial charge in [-0.1, -0.05) is 43.5 Å². The minimum absolute atomic E-state index is 0.559. The number of aryl methyl sites for hydroxylation is 1. The van der Waals surface area contributed by atoms with Crippen molar-refractivity contribution in [2.75, 3.05) is 0 Å². The zero-order valence-electron chi connectivity index (χ0n) is 9.58. The molecule has 0 bridgehead atoms. The Morgan fingerprint density at radius 3 is 2.78 bits per heavy atom. The summed E-state index contributed by atoms with van der Waals surface area (Å²) in [5.41, 5.74) is 2.09. The lowest BCUT2D eigenvalue weighted by atomic mass is 10.2. The molecular formula is C13H10Br2ClNO. The summed E-state index contributed by atoms with van der Waals surface area (Å²) < 4.78 is 6.65. The van der Waals surface area contributed by atoms with Crippen molar-refractivity contribution in [3.8, 4) is 11.6 Å². The Morgan fingerprint density at radius 1 is 1.33 bits per heavy atom. The maximum absolute atomic E-state index is 6.08. The predicted octanol–water partition coefficient (Wildman–Crippen LogP) is 5.49. The standard InChI is InChI=1S/C13H10Br2ClNO/c1-8-4-9(6-14)7-17-13(8)18-12-5-10(15)2-3-11(12)16/h2-5,7H,6H2,1H3. The zero-order valence-corrected chi connectivity index (χ0v) is 13.5. The second-order valence-electron chi connectivity index (χ2n) is 3.78. The molecule has 1 aromatic carbocycles. The van der Waals surface area contributed by atoms with Crippen molar-refractivity contribution in [3.63, 3.8) is 0 Å². The molecule has 0 spiro atoms. The number of rotatable bonds is 3. The first-order chi connectivity index (χ1) is 8.60. The second-order valence-corrected chi connectivity index (χ2v) is 5.66. The van der Waals surface area contributed by atoms with E-state index in [1.54, 1.807) is 12.3 Å². The molecule has 0 radical (unpaired) electrons. The third kappa shape index (κ3) is 3.25. The first-order valence-corrected chi connectivity index (χ1v) is 7.54. The van der Waals surface area contributed by atoms with Crippen molar-refractivity contribution in [1.82, 2.24) is 4.98 Å². The summed E-state index contributed by atoms with van der Waals surface area (Å²) in [6, 6.07) is 7.50. The van der Waals surface area contributed by atoms with Crippen LogP contribution >= 0.6 is 43.5 Å². The highest BCUT2D eigenvalue weighted by Crippen LogP contribution is 2.32. The molecule has 0 N–H and O–H groups in total. The van der Waals surface area contributed by atoms with Crippen LogP contribution in [0.3, 0.4) is 0 Å². The van der Waals surface area contributed by atoms with Gasteiger partial charge in [0.05, 0.1) is 5.02 Å². The van der Waals surface area contributed by atoms with Crippen molar-refractivity contribution in [2.24, 2.45) is 0 Å². The highest BCUT2D eigenvalue weighted by Gasteiger charge is 2.08. The number of alkyl halides is 1. The molecule has 0 unspecified atom stereocenters. The Balaban J connectivity index is 2.31. The van der Waals surface area contributed by atoms with E-state index in [1.165, 1.54) is 0 Å². The predicted molar refractivity (Wildman–Crippen MR) is 80.8 cm³/mol. The first kappa shape index (κ1) is 13.8. The van der Waals surface area contributed by atoms with E-state index in [9.17, 15) is 0 Å². The number of hydrogen-bond donors (Lipinski definition) is 0. The summed E-state index contributed by atoms with van der Waals surface area (Å²) in [5.74, 6) is 1.16. The lowest BCUT2D eigenvalue weighted by molar-refractivity contribution is 0.458. The van der Waals surface area contributed by atoms with E-state index in [0.29, 0.717) is 16.7 Å². The second kappa shape index (κ2) is 6.04. The van der Waals surface area contributed by atoms with Crippen LogP contribution in [0.1, 0.15) is 11.1 Å². The normalized spacial score (nSPS) is 10.4. The molecule has 0 saturated carbocycles. The van der Waals surface area contributed by atoms with Crippen LogP contribution in [0.5, 0.6) is 11.6 Å². The first-order valence-electron chi connectivity index (χ1n) is 5.24. The average molecular weight is 391 g/mol. The maximum atomic E-state index is 6.08. The molecule has 1 aromatic heterocycles. The van der Waals surface area contributed by atoms with E-state index < -0.39 is 0 Å². The SMILES string of the molecule is Cc1cc(CBr)cnc1Oc1cc(Br)ccc1Cl. The summed E-state index contributed by atoms with van der Waals surface area (Å²) in [4.78, 5) is 4.29. The molecule has 2 nitrogen and oxygen atoms in total. The number of nitrogens with zero attached hydrogens (tertiary/aromatic N) is 1. The Kier molecular flexibility index (Phi) is 4.65. The molecule has 94 valence electrons. The van der Waals surface area contributed by atoms with Crippen LogP contribution < -0.4 is 4.74 Å². The fourth-order valence-corrected chi connectivity index (χ4v) is 2.26. The van der Waals surface area contributed by atoms with Crippen LogP contribution in [0.4, 0.5) is 0 Å². The minimum Gasteiger partial charge on any atom is -0.437 e. The van der Waals surface area contributed by atoms with Gasteiger partial charge in [0.15, 0.2) is 0 Å². The molecule has 5 heteroatoms. The van der Waals surface area contributed by atoms with E-state index in [-0.39, 0.29) is 0 Å². The molecule has 1 heterocycles. The fourth-order valence-electron chi connectivity index (χ4n) is 1.46. The molecule has 0 aliphatic heterocycles.